The van der Waals surface area contributed by atoms with Gasteiger partial charge in [0.1, 0.15) is 0 Å². The van der Waals surface area contributed by atoms with Crippen LogP contribution in [0.4, 0.5) is 5.69 Å². The third-order valence-corrected chi connectivity index (χ3v) is 2.49. The molecule has 1 rings (SSSR count). The first-order valence-electron chi connectivity index (χ1n) is 5.50. The standard InChI is InChI=1S/C12H19NO4/c1-8(14)11(16)13(12(17)9(2)15)10-6-4-3-5-7-10/h3-9,11-12,14-17H,1-2H3. The first kappa shape index (κ1) is 13.9. The summed E-state index contributed by atoms with van der Waals surface area (Å²) in [7, 11) is 0. The van der Waals surface area contributed by atoms with Gasteiger partial charge in [-0.3, -0.25) is 0 Å². The summed E-state index contributed by atoms with van der Waals surface area (Å²) in [5.41, 5.74) is 0.523. The number of benzene rings is 1. The second-order valence-electron chi connectivity index (χ2n) is 4.05. The van der Waals surface area contributed by atoms with Crippen molar-refractivity contribution in [2.75, 3.05) is 4.90 Å². The maximum Gasteiger partial charge on any atom is 0.154 e. The van der Waals surface area contributed by atoms with E-state index < -0.39 is 24.7 Å². The Morgan fingerprint density at radius 1 is 0.824 bits per heavy atom. The van der Waals surface area contributed by atoms with E-state index in [9.17, 15) is 20.4 Å². The number of rotatable bonds is 5. The minimum absolute atomic E-state index is 0.523. The fourth-order valence-corrected chi connectivity index (χ4v) is 1.53. The summed E-state index contributed by atoms with van der Waals surface area (Å²) in [5.74, 6) is 0. The highest BCUT2D eigenvalue weighted by Crippen LogP contribution is 2.20. The second kappa shape index (κ2) is 5.97. The molecule has 1 aromatic rings. The number of anilines is 1. The van der Waals surface area contributed by atoms with E-state index in [1.54, 1.807) is 30.3 Å². The lowest BCUT2D eigenvalue weighted by molar-refractivity contribution is -0.0344. The van der Waals surface area contributed by atoms with Crippen LogP contribution in [0.3, 0.4) is 0 Å². The Kier molecular flexibility index (Phi) is 4.89. The second-order valence-corrected chi connectivity index (χ2v) is 4.05. The number of para-hydroxylation sites is 1. The topological polar surface area (TPSA) is 84.2 Å². The third kappa shape index (κ3) is 3.41. The predicted molar refractivity (Wildman–Crippen MR) is 64.3 cm³/mol. The Morgan fingerprint density at radius 2 is 1.24 bits per heavy atom. The van der Waals surface area contributed by atoms with E-state index in [-0.39, 0.29) is 0 Å². The zero-order valence-electron chi connectivity index (χ0n) is 9.93. The largest absolute Gasteiger partial charge is 0.389 e. The molecule has 0 amide bonds. The zero-order valence-corrected chi connectivity index (χ0v) is 9.93. The maximum absolute atomic E-state index is 9.86. The van der Waals surface area contributed by atoms with Gasteiger partial charge < -0.3 is 25.3 Å². The van der Waals surface area contributed by atoms with Gasteiger partial charge in [-0.2, -0.15) is 0 Å². The molecule has 0 saturated carbocycles. The fraction of sp³-hybridized carbons (Fsp3) is 0.500. The molecular weight excluding hydrogens is 222 g/mol. The highest BCUT2D eigenvalue weighted by atomic mass is 16.4. The Hall–Kier alpha value is -1.14. The van der Waals surface area contributed by atoms with Crippen LogP contribution in [-0.4, -0.2) is 45.1 Å². The average molecular weight is 241 g/mol. The molecule has 0 spiro atoms. The van der Waals surface area contributed by atoms with Gasteiger partial charge in [0.05, 0.1) is 12.2 Å². The lowest BCUT2D eigenvalue weighted by Crippen LogP contribution is -2.52. The number of nitrogens with zero attached hydrogens (tertiary/aromatic N) is 1. The molecule has 0 aliphatic carbocycles. The van der Waals surface area contributed by atoms with E-state index in [1.807, 2.05) is 0 Å². The van der Waals surface area contributed by atoms with E-state index in [0.717, 1.165) is 0 Å². The Labute approximate surface area is 101 Å². The van der Waals surface area contributed by atoms with Gasteiger partial charge in [0.25, 0.3) is 0 Å². The molecule has 0 saturated heterocycles. The Bertz CT molecular complexity index is 315. The molecule has 96 valence electrons. The van der Waals surface area contributed by atoms with Gasteiger partial charge in [0.2, 0.25) is 0 Å². The third-order valence-electron chi connectivity index (χ3n) is 2.49. The highest BCUT2D eigenvalue weighted by molar-refractivity contribution is 5.47. The molecule has 4 unspecified atom stereocenters. The summed E-state index contributed by atoms with van der Waals surface area (Å²) in [4.78, 5) is 1.18. The van der Waals surface area contributed by atoms with Crippen LogP contribution in [0.25, 0.3) is 0 Å². The smallest absolute Gasteiger partial charge is 0.154 e. The molecule has 5 heteroatoms. The van der Waals surface area contributed by atoms with Crippen molar-refractivity contribution in [3.8, 4) is 0 Å². The van der Waals surface area contributed by atoms with Crippen molar-refractivity contribution in [1.82, 2.24) is 0 Å². The highest BCUT2D eigenvalue weighted by Gasteiger charge is 2.29. The molecule has 0 fully saturated rings. The summed E-state index contributed by atoms with van der Waals surface area (Å²) >= 11 is 0. The Morgan fingerprint density at radius 3 is 1.59 bits per heavy atom. The SMILES string of the molecule is CC(O)C(O)N(c1ccccc1)C(O)C(C)O. The zero-order chi connectivity index (χ0) is 13.0. The van der Waals surface area contributed by atoms with Gasteiger partial charge in [-0.15, -0.1) is 0 Å². The minimum Gasteiger partial charge on any atom is -0.389 e. The van der Waals surface area contributed by atoms with Crippen molar-refractivity contribution in [3.05, 3.63) is 30.3 Å². The van der Waals surface area contributed by atoms with Crippen LogP contribution in [0, 0.1) is 0 Å². The summed E-state index contributed by atoms with van der Waals surface area (Å²) in [6.45, 7) is 2.82. The molecule has 0 radical (unpaired) electrons. The predicted octanol–water partition coefficient (Wildman–Crippen LogP) is -0.109. The van der Waals surface area contributed by atoms with E-state index in [0.29, 0.717) is 5.69 Å². The molecule has 5 nitrogen and oxygen atoms in total. The molecule has 4 N–H and O–H groups in total. The van der Waals surface area contributed by atoms with Crippen LogP contribution in [0.5, 0.6) is 0 Å². The summed E-state index contributed by atoms with van der Waals surface area (Å²) < 4.78 is 0. The molecule has 0 aromatic heterocycles. The molecule has 0 bridgehead atoms. The van der Waals surface area contributed by atoms with Crippen LogP contribution >= 0.6 is 0 Å². The quantitative estimate of drug-likeness (QED) is 0.541. The summed E-state index contributed by atoms with van der Waals surface area (Å²) in [6.07, 6.45) is -4.68. The van der Waals surface area contributed by atoms with Gasteiger partial charge in [-0.25, -0.2) is 0 Å². The first-order valence-corrected chi connectivity index (χ1v) is 5.50. The van der Waals surface area contributed by atoms with E-state index in [4.69, 9.17) is 0 Å². The molecule has 0 aliphatic rings. The Balaban J connectivity index is 3.03. The average Bonchev–Trinajstić information content (AvgIpc) is 2.30. The summed E-state index contributed by atoms with van der Waals surface area (Å²) in [5, 5.41) is 38.5. The van der Waals surface area contributed by atoms with Gasteiger partial charge in [0, 0.05) is 5.69 Å². The van der Waals surface area contributed by atoms with Crippen molar-refractivity contribution < 1.29 is 20.4 Å². The molecule has 1 aromatic carbocycles. The number of aliphatic hydroxyl groups excluding tert-OH is 4. The van der Waals surface area contributed by atoms with E-state index >= 15 is 0 Å². The van der Waals surface area contributed by atoms with Gasteiger partial charge in [0.15, 0.2) is 12.5 Å². The summed E-state index contributed by atoms with van der Waals surface area (Å²) in [6, 6.07) is 8.64. The van der Waals surface area contributed by atoms with Crippen molar-refractivity contribution in [2.45, 2.75) is 38.5 Å². The van der Waals surface area contributed by atoms with Crippen LogP contribution in [0.15, 0.2) is 30.3 Å². The van der Waals surface area contributed by atoms with E-state index in [1.165, 1.54) is 18.7 Å². The maximum atomic E-state index is 9.86. The fourth-order valence-electron chi connectivity index (χ4n) is 1.53. The van der Waals surface area contributed by atoms with Crippen molar-refractivity contribution in [2.24, 2.45) is 0 Å². The van der Waals surface area contributed by atoms with E-state index in [2.05, 4.69) is 0 Å². The number of hydrogen-bond donors (Lipinski definition) is 4. The molecule has 0 aliphatic heterocycles. The van der Waals surface area contributed by atoms with Gasteiger partial charge in [-0.05, 0) is 26.0 Å². The van der Waals surface area contributed by atoms with Crippen LogP contribution in [-0.2, 0) is 0 Å². The lowest BCUT2D eigenvalue weighted by atomic mass is 10.2. The minimum atomic E-state index is -1.29. The van der Waals surface area contributed by atoms with Crippen molar-refractivity contribution in [1.29, 1.82) is 0 Å². The van der Waals surface area contributed by atoms with Crippen LogP contribution < -0.4 is 4.90 Å². The number of hydrogen-bond acceptors (Lipinski definition) is 5. The molecule has 4 atom stereocenters. The molecular formula is C12H19NO4. The molecule has 17 heavy (non-hydrogen) atoms. The lowest BCUT2D eigenvalue weighted by Gasteiger charge is -2.36. The number of aliphatic hydroxyl groups is 4. The van der Waals surface area contributed by atoms with Crippen LogP contribution in [0.1, 0.15) is 13.8 Å². The van der Waals surface area contributed by atoms with Gasteiger partial charge in [-0.1, -0.05) is 18.2 Å². The molecule has 0 heterocycles. The van der Waals surface area contributed by atoms with Crippen LogP contribution in [0.2, 0.25) is 0 Å². The first-order chi connectivity index (χ1) is 7.95. The monoisotopic (exact) mass is 241 g/mol. The van der Waals surface area contributed by atoms with Crippen molar-refractivity contribution in [3.63, 3.8) is 0 Å². The normalized spacial score (nSPS) is 18.2. The van der Waals surface area contributed by atoms with Gasteiger partial charge >= 0.3 is 0 Å². The van der Waals surface area contributed by atoms with Crippen molar-refractivity contribution >= 4 is 5.69 Å².